The topological polar surface area (TPSA) is 77.3 Å². The van der Waals surface area contributed by atoms with Crippen LogP contribution >= 0.6 is 0 Å². The molecule has 0 saturated heterocycles. The van der Waals surface area contributed by atoms with Gasteiger partial charge in [-0.1, -0.05) is 12.2 Å². The summed E-state index contributed by atoms with van der Waals surface area (Å²) in [7, 11) is 0. The van der Waals surface area contributed by atoms with Crippen molar-refractivity contribution in [3.63, 3.8) is 0 Å². The summed E-state index contributed by atoms with van der Waals surface area (Å²) in [5, 5.41) is 0. The van der Waals surface area contributed by atoms with Crippen LogP contribution in [0, 0.1) is 0 Å². The SMILES string of the molecule is C1=C(c2cnc(-c3ccncc3)nc2)CCC(c2cnc(-c3ccncc3)nc2)=C1. The second-order valence-corrected chi connectivity index (χ2v) is 6.95. The Morgan fingerprint density at radius 2 is 0.833 bits per heavy atom. The van der Waals surface area contributed by atoms with Crippen LogP contribution in [0.25, 0.3) is 33.9 Å². The number of aromatic nitrogens is 6. The van der Waals surface area contributed by atoms with Crippen LogP contribution in [0.1, 0.15) is 24.0 Å². The summed E-state index contributed by atoms with van der Waals surface area (Å²) >= 11 is 0. The predicted octanol–water partition coefficient (Wildman–Crippen LogP) is 4.65. The number of pyridine rings is 2. The van der Waals surface area contributed by atoms with Gasteiger partial charge >= 0.3 is 0 Å². The first-order valence-electron chi connectivity index (χ1n) is 9.72. The summed E-state index contributed by atoms with van der Waals surface area (Å²) in [4.78, 5) is 26.1. The van der Waals surface area contributed by atoms with Gasteiger partial charge in [-0.25, -0.2) is 19.9 Å². The summed E-state index contributed by atoms with van der Waals surface area (Å²) in [5.41, 5.74) is 6.49. The van der Waals surface area contributed by atoms with Crippen molar-refractivity contribution in [1.82, 2.24) is 29.9 Å². The molecule has 1 aliphatic rings. The standard InChI is InChI=1S/C24H18N6/c1-2-18(22-15-29-24(30-16-22)20-7-11-26-12-8-20)4-3-17(1)21-13-27-23(28-14-21)19-5-9-25-10-6-19/h1-2,5-16H,3-4H2. The average molecular weight is 390 g/mol. The number of rotatable bonds is 4. The molecule has 0 aromatic carbocycles. The van der Waals surface area contributed by atoms with Crippen LogP contribution in [0.2, 0.25) is 0 Å². The molecule has 0 spiro atoms. The Balaban J connectivity index is 1.33. The summed E-state index contributed by atoms with van der Waals surface area (Å²) in [6.45, 7) is 0. The van der Waals surface area contributed by atoms with Crippen molar-refractivity contribution in [2.24, 2.45) is 0 Å². The second kappa shape index (κ2) is 8.13. The van der Waals surface area contributed by atoms with Gasteiger partial charge in [-0.05, 0) is 48.3 Å². The first-order valence-corrected chi connectivity index (χ1v) is 9.72. The van der Waals surface area contributed by atoms with Gasteiger partial charge in [0.15, 0.2) is 11.6 Å². The molecule has 1 aliphatic carbocycles. The molecule has 0 radical (unpaired) electrons. The first-order chi connectivity index (χ1) is 14.9. The van der Waals surface area contributed by atoms with Crippen molar-refractivity contribution < 1.29 is 0 Å². The minimum Gasteiger partial charge on any atom is -0.265 e. The van der Waals surface area contributed by atoms with E-state index in [0.717, 1.165) is 35.1 Å². The maximum Gasteiger partial charge on any atom is 0.159 e. The van der Waals surface area contributed by atoms with Crippen LogP contribution in [-0.4, -0.2) is 29.9 Å². The molecule has 0 unspecified atom stereocenters. The zero-order valence-electron chi connectivity index (χ0n) is 16.2. The van der Waals surface area contributed by atoms with E-state index in [-0.39, 0.29) is 0 Å². The Kier molecular flexibility index (Phi) is 4.88. The summed E-state index contributed by atoms with van der Waals surface area (Å²) in [6.07, 6.45) is 20.7. The third-order valence-corrected chi connectivity index (χ3v) is 5.07. The van der Waals surface area contributed by atoms with E-state index in [2.05, 4.69) is 42.1 Å². The average Bonchev–Trinajstić information content (AvgIpc) is 2.85. The highest BCUT2D eigenvalue weighted by molar-refractivity contribution is 5.77. The molecule has 0 N–H and O–H groups in total. The fraction of sp³-hybridized carbons (Fsp3) is 0.0833. The molecule has 30 heavy (non-hydrogen) atoms. The minimum atomic E-state index is 0.709. The predicted molar refractivity (Wildman–Crippen MR) is 116 cm³/mol. The van der Waals surface area contributed by atoms with Crippen molar-refractivity contribution in [2.75, 3.05) is 0 Å². The van der Waals surface area contributed by atoms with Crippen LogP contribution in [0.15, 0.2) is 86.0 Å². The Morgan fingerprint density at radius 1 is 0.467 bits per heavy atom. The van der Waals surface area contributed by atoms with Crippen LogP contribution < -0.4 is 0 Å². The maximum absolute atomic E-state index is 4.51. The molecule has 0 fully saturated rings. The molecule has 6 nitrogen and oxygen atoms in total. The molecule has 4 aromatic rings. The van der Waals surface area contributed by atoms with Crippen LogP contribution in [0.5, 0.6) is 0 Å². The maximum atomic E-state index is 4.51. The molecule has 144 valence electrons. The van der Waals surface area contributed by atoms with Gasteiger partial charge in [-0.3, -0.25) is 9.97 Å². The van der Waals surface area contributed by atoms with E-state index >= 15 is 0 Å². The van der Waals surface area contributed by atoms with Crippen molar-refractivity contribution >= 4 is 11.1 Å². The molecule has 0 saturated carbocycles. The highest BCUT2D eigenvalue weighted by Crippen LogP contribution is 2.31. The fourth-order valence-corrected chi connectivity index (χ4v) is 3.41. The van der Waals surface area contributed by atoms with Gasteiger partial charge in [0.2, 0.25) is 0 Å². The molecule has 0 atom stereocenters. The quantitative estimate of drug-likeness (QED) is 0.505. The summed E-state index contributed by atoms with van der Waals surface area (Å²) in [5.74, 6) is 1.42. The van der Waals surface area contributed by atoms with Crippen LogP contribution in [0.3, 0.4) is 0 Å². The van der Waals surface area contributed by atoms with E-state index in [4.69, 9.17) is 0 Å². The summed E-state index contributed by atoms with van der Waals surface area (Å²) in [6, 6.07) is 7.63. The monoisotopic (exact) mass is 390 g/mol. The largest absolute Gasteiger partial charge is 0.265 e. The van der Waals surface area contributed by atoms with Crippen molar-refractivity contribution in [3.8, 4) is 22.8 Å². The minimum absolute atomic E-state index is 0.709. The van der Waals surface area contributed by atoms with E-state index in [9.17, 15) is 0 Å². The van der Waals surface area contributed by atoms with E-state index in [1.165, 1.54) is 11.1 Å². The third-order valence-electron chi connectivity index (χ3n) is 5.07. The zero-order chi connectivity index (χ0) is 20.2. The molecule has 0 aliphatic heterocycles. The van der Waals surface area contributed by atoms with E-state index in [0.29, 0.717) is 11.6 Å². The number of allylic oxidation sites excluding steroid dienone is 4. The molecule has 0 bridgehead atoms. The number of hydrogen-bond acceptors (Lipinski definition) is 6. The van der Waals surface area contributed by atoms with Crippen molar-refractivity contribution in [1.29, 1.82) is 0 Å². The Hall–Kier alpha value is -4.06. The molecule has 4 aromatic heterocycles. The van der Waals surface area contributed by atoms with Gasteiger partial charge in [0.1, 0.15) is 0 Å². The van der Waals surface area contributed by atoms with Crippen molar-refractivity contribution in [3.05, 3.63) is 97.1 Å². The Labute approximate surface area is 174 Å². The van der Waals surface area contributed by atoms with Gasteiger partial charge in [0.05, 0.1) is 0 Å². The lowest BCUT2D eigenvalue weighted by atomic mass is 9.92. The van der Waals surface area contributed by atoms with Crippen LogP contribution in [-0.2, 0) is 0 Å². The van der Waals surface area contributed by atoms with Gasteiger partial charge in [0, 0.05) is 71.8 Å². The van der Waals surface area contributed by atoms with Gasteiger partial charge in [-0.2, -0.15) is 0 Å². The Morgan fingerprint density at radius 3 is 1.17 bits per heavy atom. The smallest absolute Gasteiger partial charge is 0.159 e. The Bertz CT molecular complexity index is 1100. The zero-order valence-corrected chi connectivity index (χ0v) is 16.2. The van der Waals surface area contributed by atoms with Crippen molar-refractivity contribution in [2.45, 2.75) is 12.8 Å². The fourth-order valence-electron chi connectivity index (χ4n) is 3.41. The second-order valence-electron chi connectivity index (χ2n) is 6.95. The molecule has 4 heterocycles. The number of nitrogens with zero attached hydrogens (tertiary/aromatic N) is 6. The van der Waals surface area contributed by atoms with Gasteiger partial charge < -0.3 is 0 Å². The van der Waals surface area contributed by atoms with E-state index < -0.39 is 0 Å². The summed E-state index contributed by atoms with van der Waals surface area (Å²) < 4.78 is 0. The normalized spacial score (nSPS) is 13.5. The first kappa shape index (κ1) is 18.0. The molecular weight excluding hydrogens is 372 g/mol. The molecule has 6 heteroatoms. The van der Waals surface area contributed by atoms with Crippen LogP contribution in [0.4, 0.5) is 0 Å². The molecule has 5 rings (SSSR count). The van der Waals surface area contributed by atoms with E-state index in [1.807, 2.05) is 49.1 Å². The lowest BCUT2D eigenvalue weighted by Gasteiger charge is -2.15. The highest BCUT2D eigenvalue weighted by Gasteiger charge is 2.12. The molecular formula is C24H18N6. The third kappa shape index (κ3) is 3.75. The lowest BCUT2D eigenvalue weighted by molar-refractivity contribution is 1.04. The van der Waals surface area contributed by atoms with E-state index in [1.54, 1.807) is 24.8 Å². The highest BCUT2D eigenvalue weighted by atomic mass is 14.9. The number of hydrogen-bond donors (Lipinski definition) is 0. The van der Waals surface area contributed by atoms with Gasteiger partial charge in [-0.15, -0.1) is 0 Å². The lowest BCUT2D eigenvalue weighted by Crippen LogP contribution is -1.98. The van der Waals surface area contributed by atoms with Gasteiger partial charge in [0.25, 0.3) is 0 Å². The molecule has 0 amide bonds.